The first-order chi connectivity index (χ1) is 16.7. The van der Waals surface area contributed by atoms with E-state index in [1.54, 1.807) is 18.2 Å². The second-order valence-electron chi connectivity index (χ2n) is 8.92. The highest BCUT2D eigenvalue weighted by Crippen LogP contribution is 2.30. The highest BCUT2D eigenvalue weighted by atomic mass is 35.5. The van der Waals surface area contributed by atoms with Gasteiger partial charge in [-0.25, -0.2) is 12.7 Å². The Kier molecular flexibility index (Phi) is 8.17. The molecule has 0 spiro atoms. The summed E-state index contributed by atoms with van der Waals surface area (Å²) in [6.07, 6.45) is 1.23. The van der Waals surface area contributed by atoms with Crippen LogP contribution in [-0.4, -0.2) is 31.7 Å². The summed E-state index contributed by atoms with van der Waals surface area (Å²) in [5.41, 5.74) is 3.46. The van der Waals surface area contributed by atoms with Crippen LogP contribution in [-0.2, 0) is 20.6 Å². The Morgan fingerprint density at radius 3 is 2.26 bits per heavy atom. The van der Waals surface area contributed by atoms with Crippen LogP contribution >= 0.6 is 23.2 Å². The number of nitrogens with one attached hydrogen (secondary N) is 1. The number of amides is 1. The number of nitrogens with zero attached hydrogens (tertiary/aromatic N) is 1. The highest BCUT2D eigenvalue weighted by Gasteiger charge is 2.34. The quantitative estimate of drug-likeness (QED) is 0.422. The van der Waals surface area contributed by atoms with Crippen molar-refractivity contribution in [1.29, 1.82) is 0 Å². The van der Waals surface area contributed by atoms with Gasteiger partial charge in [0, 0.05) is 28.7 Å². The van der Waals surface area contributed by atoms with Crippen LogP contribution in [0.15, 0.2) is 72.8 Å². The molecular formula is C27H28Cl2N2O3S. The van der Waals surface area contributed by atoms with Crippen molar-refractivity contribution in [3.05, 3.63) is 105 Å². The first-order valence-electron chi connectivity index (χ1n) is 11.6. The van der Waals surface area contributed by atoms with E-state index in [4.69, 9.17) is 23.2 Å². The molecule has 1 heterocycles. The average Bonchev–Trinajstić information content (AvgIpc) is 2.86. The van der Waals surface area contributed by atoms with Gasteiger partial charge in [0.25, 0.3) is 0 Å². The van der Waals surface area contributed by atoms with Crippen LogP contribution in [0.2, 0.25) is 10.0 Å². The van der Waals surface area contributed by atoms with Gasteiger partial charge in [0.1, 0.15) is 0 Å². The van der Waals surface area contributed by atoms with E-state index >= 15 is 0 Å². The Morgan fingerprint density at radius 1 is 0.971 bits per heavy atom. The third-order valence-electron chi connectivity index (χ3n) is 6.37. The van der Waals surface area contributed by atoms with Gasteiger partial charge in [-0.05, 0) is 43.0 Å². The zero-order chi connectivity index (χ0) is 25.0. The average molecular weight is 532 g/mol. The number of hydrogen-bond donors (Lipinski definition) is 1. The summed E-state index contributed by atoms with van der Waals surface area (Å²) in [5.74, 6) is -0.900. The molecule has 1 amide bonds. The fourth-order valence-electron chi connectivity index (χ4n) is 4.38. The van der Waals surface area contributed by atoms with Crippen molar-refractivity contribution >= 4 is 39.1 Å². The normalized spacial score (nSPS) is 17.6. The standard InChI is InChI=1S/C27H28Cl2N2O3S/c1-19-12-14-21(15-13-19)26(20-7-3-2-4-8-20)30-27(32)22-9-6-16-31(17-22)35(33,34)18-23-24(28)10-5-11-25(23)29/h2-5,7-8,10-15,22,26H,6,9,16-18H2,1H3,(H,30,32)/t22-,26-/m0/s1. The van der Waals surface area contributed by atoms with Crippen LogP contribution in [0.3, 0.4) is 0 Å². The van der Waals surface area contributed by atoms with Gasteiger partial charge in [-0.3, -0.25) is 4.79 Å². The second kappa shape index (κ2) is 11.1. The Hall–Kier alpha value is -2.38. The van der Waals surface area contributed by atoms with Gasteiger partial charge in [-0.2, -0.15) is 0 Å². The lowest BCUT2D eigenvalue weighted by atomic mass is 9.94. The molecular weight excluding hydrogens is 503 g/mol. The van der Waals surface area contributed by atoms with Crippen molar-refractivity contribution in [1.82, 2.24) is 9.62 Å². The summed E-state index contributed by atoms with van der Waals surface area (Å²) >= 11 is 12.4. The number of hydrogen-bond acceptors (Lipinski definition) is 3. The zero-order valence-corrected chi connectivity index (χ0v) is 21.8. The Balaban J connectivity index is 1.51. The molecule has 5 nitrogen and oxygen atoms in total. The lowest BCUT2D eigenvalue weighted by Gasteiger charge is -2.32. The van der Waals surface area contributed by atoms with Crippen LogP contribution < -0.4 is 5.32 Å². The predicted octanol–water partition coefficient (Wildman–Crippen LogP) is 5.75. The summed E-state index contributed by atoms with van der Waals surface area (Å²) in [7, 11) is -3.70. The van der Waals surface area contributed by atoms with Gasteiger partial charge in [0.15, 0.2) is 0 Å². The van der Waals surface area contributed by atoms with Gasteiger partial charge >= 0.3 is 0 Å². The van der Waals surface area contributed by atoms with Crippen molar-refractivity contribution in [2.75, 3.05) is 13.1 Å². The van der Waals surface area contributed by atoms with Crippen molar-refractivity contribution in [3.63, 3.8) is 0 Å². The largest absolute Gasteiger partial charge is 0.345 e. The third-order valence-corrected chi connectivity index (χ3v) is 8.85. The van der Waals surface area contributed by atoms with Gasteiger partial charge in [0.2, 0.25) is 15.9 Å². The molecule has 35 heavy (non-hydrogen) atoms. The van der Waals surface area contributed by atoms with E-state index in [-0.39, 0.29) is 24.2 Å². The molecule has 0 radical (unpaired) electrons. The Morgan fingerprint density at radius 2 is 1.60 bits per heavy atom. The molecule has 0 aromatic heterocycles. The number of benzene rings is 3. The van der Waals surface area contributed by atoms with Gasteiger partial charge in [0.05, 0.1) is 17.7 Å². The van der Waals surface area contributed by atoms with Crippen LogP contribution in [0.5, 0.6) is 0 Å². The number of sulfonamides is 1. The van der Waals surface area contributed by atoms with E-state index in [2.05, 4.69) is 5.32 Å². The maximum atomic E-state index is 13.4. The number of rotatable bonds is 7. The Labute approximate surface area is 217 Å². The smallest absolute Gasteiger partial charge is 0.225 e. The number of carbonyl (C=O) groups excluding carboxylic acids is 1. The Bertz CT molecular complexity index is 1260. The predicted molar refractivity (Wildman–Crippen MR) is 141 cm³/mol. The molecule has 4 rings (SSSR count). The third kappa shape index (κ3) is 6.25. The minimum absolute atomic E-state index is 0.131. The number of carbonyl (C=O) groups is 1. The SMILES string of the molecule is Cc1ccc([C@@H](NC(=O)[C@H]2CCCN(S(=O)(=O)Cc3c(Cl)cccc3Cl)C2)c2ccccc2)cc1. The minimum atomic E-state index is -3.70. The lowest BCUT2D eigenvalue weighted by molar-refractivity contribution is -0.126. The molecule has 184 valence electrons. The van der Waals surface area contributed by atoms with Crippen LogP contribution in [0.1, 0.15) is 41.1 Å². The fourth-order valence-corrected chi connectivity index (χ4v) is 6.74. The summed E-state index contributed by atoms with van der Waals surface area (Å²) in [4.78, 5) is 13.4. The van der Waals surface area contributed by atoms with E-state index in [9.17, 15) is 13.2 Å². The van der Waals surface area contributed by atoms with Crippen molar-refractivity contribution < 1.29 is 13.2 Å². The summed E-state index contributed by atoms with van der Waals surface area (Å²) in [6.45, 7) is 2.52. The van der Waals surface area contributed by atoms with E-state index in [0.717, 1.165) is 16.7 Å². The molecule has 2 atom stereocenters. The number of aryl methyl sites for hydroxylation is 1. The van der Waals surface area contributed by atoms with Gasteiger partial charge < -0.3 is 5.32 Å². The minimum Gasteiger partial charge on any atom is -0.345 e. The highest BCUT2D eigenvalue weighted by molar-refractivity contribution is 7.88. The lowest BCUT2D eigenvalue weighted by Crippen LogP contribution is -2.46. The summed E-state index contributed by atoms with van der Waals surface area (Å²) < 4.78 is 27.8. The maximum Gasteiger partial charge on any atom is 0.225 e. The van der Waals surface area contributed by atoms with Gasteiger partial charge in [-0.15, -0.1) is 0 Å². The molecule has 3 aromatic carbocycles. The molecule has 1 fully saturated rings. The molecule has 1 aliphatic heterocycles. The van der Waals surface area contributed by atoms with Crippen molar-refractivity contribution in [2.45, 2.75) is 31.6 Å². The van der Waals surface area contributed by atoms with Crippen LogP contribution in [0, 0.1) is 12.8 Å². The first-order valence-corrected chi connectivity index (χ1v) is 13.9. The topological polar surface area (TPSA) is 66.5 Å². The van der Waals surface area contributed by atoms with E-state index in [1.807, 2.05) is 61.5 Å². The van der Waals surface area contributed by atoms with Crippen molar-refractivity contribution in [2.24, 2.45) is 5.92 Å². The summed E-state index contributed by atoms with van der Waals surface area (Å²) in [5, 5.41) is 3.81. The maximum absolute atomic E-state index is 13.4. The molecule has 0 aliphatic carbocycles. The molecule has 8 heteroatoms. The van der Waals surface area contributed by atoms with Crippen molar-refractivity contribution in [3.8, 4) is 0 Å². The summed E-state index contributed by atoms with van der Waals surface area (Å²) in [6, 6.07) is 22.5. The number of halogens is 2. The fraction of sp³-hybridized carbons (Fsp3) is 0.296. The first kappa shape index (κ1) is 25.7. The second-order valence-corrected chi connectivity index (χ2v) is 11.7. The molecule has 1 N–H and O–H groups in total. The molecule has 1 saturated heterocycles. The van der Waals surface area contributed by atoms with Crippen LogP contribution in [0.25, 0.3) is 0 Å². The van der Waals surface area contributed by atoms with Gasteiger partial charge in [-0.1, -0.05) is 89.4 Å². The van der Waals surface area contributed by atoms with E-state index in [0.29, 0.717) is 35.0 Å². The molecule has 1 aliphatic rings. The molecule has 0 unspecified atom stereocenters. The van der Waals surface area contributed by atoms with E-state index < -0.39 is 15.9 Å². The van der Waals surface area contributed by atoms with E-state index in [1.165, 1.54) is 4.31 Å². The van der Waals surface area contributed by atoms with Crippen LogP contribution in [0.4, 0.5) is 0 Å². The molecule has 0 saturated carbocycles. The number of piperidine rings is 1. The monoisotopic (exact) mass is 530 g/mol. The zero-order valence-electron chi connectivity index (χ0n) is 19.5. The molecule has 0 bridgehead atoms. The molecule has 3 aromatic rings.